The van der Waals surface area contributed by atoms with E-state index in [4.69, 9.17) is 0 Å². The number of rotatable bonds is 5. The van der Waals surface area contributed by atoms with Crippen molar-refractivity contribution in [1.29, 1.82) is 0 Å². The Kier molecular flexibility index (Phi) is 4.70. The Morgan fingerprint density at radius 1 is 1.08 bits per heavy atom. The van der Waals surface area contributed by atoms with Crippen molar-refractivity contribution >= 4 is 5.95 Å². The minimum Gasteiger partial charge on any atom is -0.350 e. The van der Waals surface area contributed by atoms with E-state index in [1.807, 2.05) is 55.5 Å². The Hall–Kier alpha value is -2.95. The molecule has 3 aromatic rings. The molecular weight excluding hydrogens is 300 g/mol. The zero-order chi connectivity index (χ0) is 16.9. The highest BCUT2D eigenvalue weighted by molar-refractivity contribution is 5.47. The first-order chi connectivity index (χ1) is 11.7. The Morgan fingerprint density at radius 3 is 2.58 bits per heavy atom. The predicted molar refractivity (Wildman–Crippen MR) is 95.5 cm³/mol. The first-order valence-corrected chi connectivity index (χ1v) is 8.01. The van der Waals surface area contributed by atoms with Gasteiger partial charge >= 0.3 is 5.69 Å². The molecule has 122 valence electrons. The van der Waals surface area contributed by atoms with Crippen LogP contribution < -0.4 is 11.0 Å². The third-order valence-electron chi connectivity index (χ3n) is 3.94. The molecule has 24 heavy (non-hydrogen) atoms. The van der Waals surface area contributed by atoms with E-state index < -0.39 is 0 Å². The molecule has 2 aromatic carbocycles. The number of nitrogens with zero attached hydrogens (tertiary/aromatic N) is 3. The largest absolute Gasteiger partial charge is 0.356 e. The van der Waals surface area contributed by atoms with E-state index in [9.17, 15) is 4.79 Å². The van der Waals surface area contributed by atoms with E-state index in [-0.39, 0.29) is 5.69 Å². The zero-order valence-electron chi connectivity index (χ0n) is 13.9. The molecule has 1 aromatic heterocycles. The van der Waals surface area contributed by atoms with Gasteiger partial charge in [0.15, 0.2) is 0 Å². The van der Waals surface area contributed by atoms with Crippen LogP contribution in [0.2, 0.25) is 0 Å². The molecule has 5 nitrogen and oxygen atoms in total. The van der Waals surface area contributed by atoms with E-state index in [0.717, 1.165) is 28.8 Å². The maximum absolute atomic E-state index is 12.4. The van der Waals surface area contributed by atoms with Crippen LogP contribution in [0.4, 0.5) is 5.95 Å². The second-order valence-electron chi connectivity index (χ2n) is 5.61. The van der Waals surface area contributed by atoms with Gasteiger partial charge in [0.25, 0.3) is 0 Å². The van der Waals surface area contributed by atoms with E-state index >= 15 is 0 Å². The lowest BCUT2D eigenvalue weighted by molar-refractivity contribution is 0.838. The van der Waals surface area contributed by atoms with Crippen molar-refractivity contribution in [3.05, 3.63) is 82.0 Å². The summed E-state index contributed by atoms with van der Waals surface area (Å²) in [6.07, 6.45) is 2.39. The highest BCUT2D eigenvalue weighted by Gasteiger charge is 2.10. The van der Waals surface area contributed by atoms with Crippen molar-refractivity contribution in [2.24, 2.45) is 0 Å². The summed E-state index contributed by atoms with van der Waals surface area (Å²) in [5.41, 5.74) is 3.79. The summed E-state index contributed by atoms with van der Waals surface area (Å²) in [5, 5.41) is 3.09. The van der Waals surface area contributed by atoms with Crippen LogP contribution in [0.1, 0.15) is 23.6 Å². The summed E-state index contributed by atoms with van der Waals surface area (Å²) in [5.74, 6) is 0.340. The first kappa shape index (κ1) is 15.9. The smallest absolute Gasteiger partial charge is 0.350 e. The maximum Gasteiger partial charge on any atom is 0.356 e. The predicted octanol–water partition coefficient (Wildman–Crippen LogP) is 3.11. The summed E-state index contributed by atoms with van der Waals surface area (Å²) in [6.45, 7) is 4.64. The van der Waals surface area contributed by atoms with Crippen LogP contribution in [0.25, 0.3) is 5.69 Å². The van der Waals surface area contributed by atoms with Gasteiger partial charge in [-0.2, -0.15) is 4.98 Å². The molecule has 0 aliphatic heterocycles. The van der Waals surface area contributed by atoms with Crippen molar-refractivity contribution in [1.82, 2.24) is 14.5 Å². The number of nitrogens with one attached hydrogen (secondary N) is 1. The van der Waals surface area contributed by atoms with Crippen molar-refractivity contribution < 1.29 is 0 Å². The van der Waals surface area contributed by atoms with Gasteiger partial charge in [-0.15, -0.1) is 0 Å². The zero-order valence-corrected chi connectivity index (χ0v) is 13.9. The fraction of sp³-hybridized carbons (Fsp3) is 0.211. The van der Waals surface area contributed by atoms with Crippen LogP contribution in [0.3, 0.4) is 0 Å². The molecule has 0 atom stereocenters. The second-order valence-corrected chi connectivity index (χ2v) is 5.61. The molecule has 0 radical (unpaired) electrons. The third kappa shape index (κ3) is 3.35. The van der Waals surface area contributed by atoms with Crippen LogP contribution >= 0.6 is 0 Å². The van der Waals surface area contributed by atoms with Gasteiger partial charge < -0.3 is 5.32 Å². The van der Waals surface area contributed by atoms with Gasteiger partial charge in [-0.05, 0) is 30.0 Å². The Balaban J connectivity index is 1.87. The van der Waals surface area contributed by atoms with E-state index in [1.54, 1.807) is 6.33 Å². The topological polar surface area (TPSA) is 59.8 Å². The summed E-state index contributed by atoms with van der Waals surface area (Å²) < 4.78 is 1.52. The summed E-state index contributed by atoms with van der Waals surface area (Å²) in [4.78, 5) is 20.8. The molecule has 0 amide bonds. The summed E-state index contributed by atoms with van der Waals surface area (Å²) in [6, 6.07) is 15.9. The molecule has 1 heterocycles. The molecule has 0 spiro atoms. The number of para-hydroxylation sites is 1. The average Bonchev–Trinajstić information content (AvgIpc) is 2.61. The number of hydrogen-bond donors (Lipinski definition) is 1. The number of hydrogen-bond acceptors (Lipinski definition) is 4. The number of aryl methyl sites for hydroxylation is 2. The molecule has 1 N–H and O–H groups in total. The molecule has 0 saturated carbocycles. The average molecular weight is 320 g/mol. The van der Waals surface area contributed by atoms with Gasteiger partial charge in [0.1, 0.15) is 6.33 Å². The molecular formula is C19H20N4O. The lowest BCUT2D eigenvalue weighted by Gasteiger charge is -2.13. The van der Waals surface area contributed by atoms with Gasteiger partial charge in [0.2, 0.25) is 5.95 Å². The van der Waals surface area contributed by atoms with Crippen LogP contribution in [0.15, 0.2) is 59.7 Å². The first-order valence-electron chi connectivity index (χ1n) is 8.01. The Labute approximate surface area is 141 Å². The quantitative estimate of drug-likeness (QED) is 0.785. The van der Waals surface area contributed by atoms with Gasteiger partial charge in [-0.25, -0.2) is 9.78 Å². The van der Waals surface area contributed by atoms with E-state index in [2.05, 4.69) is 22.2 Å². The van der Waals surface area contributed by atoms with Crippen LogP contribution in [0.5, 0.6) is 0 Å². The fourth-order valence-electron chi connectivity index (χ4n) is 2.70. The molecule has 0 fully saturated rings. The maximum atomic E-state index is 12.4. The van der Waals surface area contributed by atoms with Crippen molar-refractivity contribution in [2.75, 3.05) is 5.32 Å². The second kappa shape index (κ2) is 7.08. The third-order valence-corrected chi connectivity index (χ3v) is 3.94. The summed E-state index contributed by atoms with van der Waals surface area (Å²) in [7, 11) is 0. The van der Waals surface area contributed by atoms with E-state index in [1.165, 1.54) is 4.57 Å². The number of anilines is 1. The highest BCUT2D eigenvalue weighted by Crippen LogP contribution is 2.18. The minimum atomic E-state index is -0.329. The van der Waals surface area contributed by atoms with Crippen molar-refractivity contribution in [3.63, 3.8) is 0 Å². The molecule has 0 bridgehead atoms. The standard InChI is InChI=1S/C19H20N4O/c1-3-16-11-7-8-14(2)17(16)23-13-21-18(22-19(23)24)20-12-15-9-5-4-6-10-15/h4-11,13H,3,12H2,1-2H3,(H,20,22,24). The summed E-state index contributed by atoms with van der Waals surface area (Å²) >= 11 is 0. The highest BCUT2D eigenvalue weighted by atomic mass is 16.1. The molecule has 0 unspecified atom stereocenters. The van der Waals surface area contributed by atoms with E-state index in [0.29, 0.717) is 12.5 Å². The monoisotopic (exact) mass is 320 g/mol. The van der Waals surface area contributed by atoms with Crippen LogP contribution in [0, 0.1) is 6.92 Å². The Morgan fingerprint density at radius 2 is 1.88 bits per heavy atom. The van der Waals surface area contributed by atoms with Gasteiger partial charge in [0, 0.05) is 6.54 Å². The molecule has 0 saturated heterocycles. The van der Waals surface area contributed by atoms with Crippen LogP contribution in [-0.4, -0.2) is 14.5 Å². The van der Waals surface area contributed by atoms with Crippen molar-refractivity contribution in [2.45, 2.75) is 26.8 Å². The lowest BCUT2D eigenvalue weighted by Crippen LogP contribution is -2.25. The van der Waals surface area contributed by atoms with Crippen molar-refractivity contribution in [3.8, 4) is 5.69 Å². The lowest BCUT2D eigenvalue weighted by atomic mass is 10.1. The number of benzene rings is 2. The Bertz CT molecular complexity index is 887. The van der Waals surface area contributed by atoms with Gasteiger partial charge in [0.05, 0.1) is 5.69 Å². The van der Waals surface area contributed by atoms with Crippen LogP contribution in [-0.2, 0) is 13.0 Å². The number of aromatic nitrogens is 3. The fourth-order valence-corrected chi connectivity index (χ4v) is 2.70. The molecule has 3 rings (SSSR count). The minimum absolute atomic E-state index is 0.329. The molecule has 0 aliphatic rings. The van der Waals surface area contributed by atoms with Gasteiger partial charge in [-0.3, -0.25) is 4.57 Å². The van der Waals surface area contributed by atoms with Gasteiger partial charge in [-0.1, -0.05) is 55.5 Å². The normalized spacial score (nSPS) is 10.6. The SMILES string of the molecule is CCc1cccc(C)c1-n1cnc(NCc2ccccc2)nc1=O. The molecule has 0 aliphatic carbocycles. The molecule has 5 heteroatoms.